The summed E-state index contributed by atoms with van der Waals surface area (Å²) >= 11 is 1.47. The molecule has 88 valence electrons. The fourth-order valence-corrected chi connectivity index (χ4v) is 2.49. The summed E-state index contributed by atoms with van der Waals surface area (Å²) in [5.74, 6) is -0.0760. The van der Waals surface area contributed by atoms with Gasteiger partial charge in [-0.3, -0.25) is 4.79 Å². The van der Waals surface area contributed by atoms with Crippen LogP contribution in [0.5, 0.6) is 0 Å². The van der Waals surface area contributed by atoms with Crippen LogP contribution < -0.4 is 0 Å². The first-order chi connectivity index (χ1) is 8.33. The third-order valence-electron chi connectivity index (χ3n) is 2.62. The molecule has 0 radical (unpaired) electrons. The van der Waals surface area contributed by atoms with Crippen LogP contribution in [0.15, 0.2) is 47.8 Å². The zero-order valence-electron chi connectivity index (χ0n) is 9.63. The van der Waals surface area contributed by atoms with Crippen LogP contribution >= 0.6 is 11.3 Å². The largest absolute Gasteiger partial charge is 0.384 e. The summed E-state index contributed by atoms with van der Waals surface area (Å²) < 4.78 is 5.16. The van der Waals surface area contributed by atoms with E-state index in [0.717, 1.165) is 10.4 Å². The Morgan fingerprint density at radius 1 is 1.24 bits per heavy atom. The van der Waals surface area contributed by atoms with Crippen LogP contribution in [0.2, 0.25) is 0 Å². The minimum Gasteiger partial charge on any atom is -0.384 e. The lowest BCUT2D eigenvalue weighted by Crippen LogP contribution is -2.17. The summed E-state index contributed by atoms with van der Waals surface area (Å²) in [6, 6.07) is 13.5. The number of ketones is 1. The fourth-order valence-electron chi connectivity index (χ4n) is 1.77. The van der Waals surface area contributed by atoms with Crippen molar-refractivity contribution in [1.82, 2.24) is 0 Å². The Morgan fingerprint density at radius 2 is 2.00 bits per heavy atom. The van der Waals surface area contributed by atoms with Crippen LogP contribution in [0.1, 0.15) is 21.2 Å². The van der Waals surface area contributed by atoms with Crippen molar-refractivity contribution in [3.05, 3.63) is 58.3 Å². The summed E-state index contributed by atoms with van der Waals surface area (Å²) in [5, 5.41) is 1.92. The van der Waals surface area contributed by atoms with E-state index in [-0.39, 0.29) is 11.7 Å². The van der Waals surface area contributed by atoms with Gasteiger partial charge in [-0.05, 0) is 17.0 Å². The van der Waals surface area contributed by atoms with Gasteiger partial charge in [0.15, 0.2) is 5.78 Å². The Labute approximate surface area is 105 Å². The smallest absolute Gasteiger partial charge is 0.182 e. The third kappa shape index (κ3) is 2.81. The molecule has 17 heavy (non-hydrogen) atoms. The summed E-state index contributed by atoms with van der Waals surface area (Å²) in [7, 11) is 1.62. The van der Waals surface area contributed by atoms with E-state index in [1.807, 2.05) is 47.8 Å². The van der Waals surface area contributed by atoms with Gasteiger partial charge >= 0.3 is 0 Å². The molecule has 0 amide bonds. The van der Waals surface area contributed by atoms with Gasteiger partial charge in [0.25, 0.3) is 0 Å². The van der Waals surface area contributed by atoms with Gasteiger partial charge in [0.05, 0.1) is 17.4 Å². The molecule has 0 saturated heterocycles. The number of Topliss-reactive ketones (excluding diaryl/α,β-unsaturated/α-hetero) is 1. The lowest BCUT2D eigenvalue weighted by molar-refractivity contribution is 0.0892. The van der Waals surface area contributed by atoms with E-state index in [4.69, 9.17) is 4.74 Å². The summed E-state index contributed by atoms with van der Waals surface area (Å²) in [5.41, 5.74) is 1.01. The zero-order chi connectivity index (χ0) is 12.1. The topological polar surface area (TPSA) is 26.3 Å². The highest BCUT2D eigenvalue weighted by Crippen LogP contribution is 2.23. The van der Waals surface area contributed by atoms with E-state index in [1.54, 1.807) is 7.11 Å². The van der Waals surface area contributed by atoms with E-state index >= 15 is 0 Å². The summed E-state index contributed by atoms with van der Waals surface area (Å²) in [6.07, 6.45) is 0. The Balaban J connectivity index is 2.27. The summed E-state index contributed by atoms with van der Waals surface area (Å²) in [4.78, 5) is 13.1. The van der Waals surface area contributed by atoms with Gasteiger partial charge in [-0.2, -0.15) is 0 Å². The van der Waals surface area contributed by atoms with Crippen molar-refractivity contribution in [2.24, 2.45) is 0 Å². The van der Waals surface area contributed by atoms with Crippen LogP contribution in [-0.2, 0) is 4.74 Å². The first-order valence-electron chi connectivity index (χ1n) is 5.44. The molecule has 0 fully saturated rings. The maximum Gasteiger partial charge on any atom is 0.182 e. The lowest BCUT2D eigenvalue weighted by atomic mass is 9.95. The van der Waals surface area contributed by atoms with Crippen molar-refractivity contribution < 1.29 is 9.53 Å². The van der Waals surface area contributed by atoms with E-state index in [2.05, 4.69) is 0 Å². The zero-order valence-corrected chi connectivity index (χ0v) is 10.4. The standard InChI is InChI=1S/C14H14O2S/c1-16-10-12(11-6-3-2-4-7-11)14(15)13-8-5-9-17-13/h2-9,12H,10H2,1H3. The van der Waals surface area contributed by atoms with Gasteiger partial charge in [-0.15, -0.1) is 11.3 Å². The predicted molar refractivity (Wildman–Crippen MR) is 69.7 cm³/mol. The Bertz CT molecular complexity index is 462. The van der Waals surface area contributed by atoms with E-state index in [1.165, 1.54) is 11.3 Å². The molecule has 0 aliphatic heterocycles. The molecule has 3 heteroatoms. The Morgan fingerprint density at radius 3 is 2.59 bits per heavy atom. The molecular weight excluding hydrogens is 232 g/mol. The molecule has 1 heterocycles. The first-order valence-corrected chi connectivity index (χ1v) is 6.32. The number of methoxy groups -OCH3 is 1. The molecule has 1 aromatic heterocycles. The third-order valence-corrected chi connectivity index (χ3v) is 3.50. The van der Waals surface area contributed by atoms with Crippen molar-refractivity contribution in [1.29, 1.82) is 0 Å². The highest BCUT2D eigenvalue weighted by molar-refractivity contribution is 7.12. The highest BCUT2D eigenvalue weighted by Gasteiger charge is 2.22. The molecule has 0 aliphatic carbocycles. The van der Waals surface area contributed by atoms with Crippen LogP contribution in [-0.4, -0.2) is 19.5 Å². The number of carbonyl (C=O) groups is 1. The van der Waals surface area contributed by atoms with Crippen LogP contribution in [0, 0.1) is 0 Å². The molecule has 1 atom stereocenters. The highest BCUT2D eigenvalue weighted by atomic mass is 32.1. The number of ether oxygens (including phenoxy) is 1. The lowest BCUT2D eigenvalue weighted by Gasteiger charge is -2.14. The second-order valence-electron chi connectivity index (χ2n) is 3.76. The molecule has 0 spiro atoms. The molecule has 2 aromatic rings. The number of benzene rings is 1. The Hall–Kier alpha value is -1.45. The maximum atomic E-state index is 12.3. The number of carbonyl (C=O) groups excluding carboxylic acids is 1. The first kappa shape index (κ1) is 12.0. The van der Waals surface area contributed by atoms with Crippen molar-refractivity contribution in [3.63, 3.8) is 0 Å². The Kier molecular flexibility index (Phi) is 4.07. The molecule has 0 aliphatic rings. The van der Waals surface area contributed by atoms with Gasteiger partial charge in [0.2, 0.25) is 0 Å². The van der Waals surface area contributed by atoms with Gasteiger partial charge in [-0.1, -0.05) is 36.4 Å². The van der Waals surface area contributed by atoms with Crippen LogP contribution in [0.4, 0.5) is 0 Å². The number of rotatable bonds is 5. The molecule has 1 aromatic carbocycles. The van der Waals surface area contributed by atoms with Crippen LogP contribution in [0.3, 0.4) is 0 Å². The monoisotopic (exact) mass is 246 g/mol. The van der Waals surface area contributed by atoms with Gasteiger partial charge in [0.1, 0.15) is 0 Å². The number of hydrogen-bond acceptors (Lipinski definition) is 3. The quantitative estimate of drug-likeness (QED) is 0.756. The van der Waals surface area contributed by atoms with Crippen molar-refractivity contribution >= 4 is 17.1 Å². The fraction of sp³-hybridized carbons (Fsp3) is 0.214. The van der Waals surface area contributed by atoms with Gasteiger partial charge in [-0.25, -0.2) is 0 Å². The molecule has 0 N–H and O–H groups in total. The molecule has 0 bridgehead atoms. The van der Waals surface area contributed by atoms with E-state index in [0.29, 0.717) is 6.61 Å². The van der Waals surface area contributed by atoms with Gasteiger partial charge in [0, 0.05) is 7.11 Å². The molecule has 0 saturated carbocycles. The SMILES string of the molecule is COCC(C(=O)c1cccs1)c1ccccc1. The minimum atomic E-state index is -0.208. The van der Waals surface area contributed by atoms with Crippen molar-refractivity contribution in [2.45, 2.75) is 5.92 Å². The second kappa shape index (κ2) is 5.75. The predicted octanol–water partition coefficient (Wildman–Crippen LogP) is 3.36. The van der Waals surface area contributed by atoms with E-state index in [9.17, 15) is 4.79 Å². The minimum absolute atomic E-state index is 0.132. The van der Waals surface area contributed by atoms with Crippen molar-refractivity contribution in [2.75, 3.05) is 13.7 Å². The van der Waals surface area contributed by atoms with Gasteiger partial charge < -0.3 is 4.74 Å². The maximum absolute atomic E-state index is 12.3. The average Bonchev–Trinajstić information content (AvgIpc) is 2.90. The normalized spacial score (nSPS) is 12.3. The van der Waals surface area contributed by atoms with Crippen molar-refractivity contribution in [3.8, 4) is 0 Å². The summed E-state index contributed by atoms with van der Waals surface area (Å²) in [6.45, 7) is 0.417. The number of thiophene rings is 1. The average molecular weight is 246 g/mol. The van der Waals surface area contributed by atoms with E-state index < -0.39 is 0 Å². The van der Waals surface area contributed by atoms with Crippen LogP contribution in [0.25, 0.3) is 0 Å². The molecule has 1 unspecified atom stereocenters. The molecular formula is C14H14O2S. The molecule has 2 nitrogen and oxygen atoms in total. The second-order valence-corrected chi connectivity index (χ2v) is 4.71. The molecule has 2 rings (SSSR count). The number of hydrogen-bond donors (Lipinski definition) is 0.